The van der Waals surface area contributed by atoms with Crippen LogP contribution in [0.5, 0.6) is 0 Å². The molecule has 13 heavy (non-hydrogen) atoms. The van der Waals surface area contributed by atoms with Gasteiger partial charge in [-0.05, 0) is 22.4 Å². The van der Waals surface area contributed by atoms with E-state index >= 15 is 0 Å². The van der Waals surface area contributed by atoms with Crippen LogP contribution in [0, 0.1) is 0 Å². The second kappa shape index (κ2) is 2.81. The van der Waals surface area contributed by atoms with Crippen molar-refractivity contribution in [3.63, 3.8) is 0 Å². The molecule has 2 heteroatoms. The SMILES string of the molecule is CC(C)(C)c1csc2ccncc12. The van der Waals surface area contributed by atoms with E-state index in [0.717, 1.165) is 0 Å². The molecule has 0 atom stereocenters. The molecular weight excluding hydrogens is 178 g/mol. The number of hydrogen-bond acceptors (Lipinski definition) is 2. The molecule has 2 rings (SSSR count). The first kappa shape index (κ1) is 8.70. The Kier molecular flexibility index (Phi) is 1.88. The van der Waals surface area contributed by atoms with Gasteiger partial charge in [-0.2, -0.15) is 0 Å². The molecule has 0 amide bonds. The molecule has 0 aliphatic rings. The highest BCUT2D eigenvalue weighted by molar-refractivity contribution is 7.17. The lowest BCUT2D eigenvalue weighted by Gasteiger charge is -2.17. The lowest BCUT2D eigenvalue weighted by atomic mass is 9.87. The first-order chi connectivity index (χ1) is 6.09. The summed E-state index contributed by atoms with van der Waals surface area (Å²) in [5, 5.41) is 3.55. The maximum Gasteiger partial charge on any atom is 0.0376 e. The van der Waals surface area contributed by atoms with Gasteiger partial charge >= 0.3 is 0 Å². The molecule has 2 aromatic rings. The number of fused-ring (bicyclic) bond motifs is 1. The topological polar surface area (TPSA) is 12.9 Å². The van der Waals surface area contributed by atoms with E-state index in [1.54, 1.807) is 11.3 Å². The number of pyridine rings is 1. The number of rotatable bonds is 0. The number of hydrogen-bond donors (Lipinski definition) is 0. The summed E-state index contributed by atoms with van der Waals surface area (Å²) in [4.78, 5) is 4.17. The fourth-order valence-electron chi connectivity index (χ4n) is 1.45. The minimum atomic E-state index is 0.223. The molecule has 2 heterocycles. The van der Waals surface area contributed by atoms with Crippen LogP contribution in [-0.4, -0.2) is 4.98 Å². The van der Waals surface area contributed by atoms with Gasteiger partial charge in [0.1, 0.15) is 0 Å². The van der Waals surface area contributed by atoms with E-state index in [1.165, 1.54) is 15.6 Å². The van der Waals surface area contributed by atoms with Gasteiger partial charge in [0.15, 0.2) is 0 Å². The van der Waals surface area contributed by atoms with Gasteiger partial charge in [-0.15, -0.1) is 11.3 Å². The standard InChI is InChI=1S/C11H13NS/c1-11(2,3)9-7-13-10-4-5-12-6-8(9)10/h4-7H,1-3H3. The normalized spacial score (nSPS) is 12.2. The highest BCUT2D eigenvalue weighted by Crippen LogP contribution is 2.33. The van der Waals surface area contributed by atoms with Gasteiger partial charge in [0.2, 0.25) is 0 Å². The summed E-state index contributed by atoms with van der Waals surface area (Å²) in [6.07, 6.45) is 3.82. The molecule has 0 saturated carbocycles. The third-order valence-corrected chi connectivity index (χ3v) is 3.15. The van der Waals surface area contributed by atoms with Gasteiger partial charge in [-0.25, -0.2) is 0 Å². The van der Waals surface area contributed by atoms with Crippen molar-refractivity contribution in [2.24, 2.45) is 0 Å². The zero-order chi connectivity index (χ0) is 9.47. The Balaban J connectivity index is 2.72. The van der Waals surface area contributed by atoms with E-state index in [4.69, 9.17) is 0 Å². The Morgan fingerprint density at radius 2 is 2.08 bits per heavy atom. The largest absolute Gasteiger partial charge is 0.264 e. The summed E-state index contributed by atoms with van der Waals surface area (Å²) in [5.74, 6) is 0. The van der Waals surface area contributed by atoms with Crippen molar-refractivity contribution in [1.82, 2.24) is 4.98 Å². The van der Waals surface area contributed by atoms with Gasteiger partial charge in [-0.1, -0.05) is 20.8 Å². The molecule has 68 valence electrons. The lowest BCUT2D eigenvalue weighted by Crippen LogP contribution is -2.09. The summed E-state index contributed by atoms with van der Waals surface area (Å²) < 4.78 is 1.33. The summed E-state index contributed by atoms with van der Waals surface area (Å²) in [7, 11) is 0. The molecule has 1 nitrogen and oxygen atoms in total. The first-order valence-corrected chi connectivity index (χ1v) is 5.29. The summed E-state index contributed by atoms with van der Waals surface area (Å²) in [5.41, 5.74) is 1.63. The molecule has 0 unspecified atom stereocenters. The van der Waals surface area contributed by atoms with Crippen LogP contribution < -0.4 is 0 Å². The predicted octanol–water partition coefficient (Wildman–Crippen LogP) is 3.59. The van der Waals surface area contributed by atoms with Gasteiger partial charge in [0.25, 0.3) is 0 Å². The fourth-order valence-corrected chi connectivity index (χ4v) is 2.61. The first-order valence-electron chi connectivity index (χ1n) is 4.41. The van der Waals surface area contributed by atoms with Crippen molar-refractivity contribution < 1.29 is 0 Å². The van der Waals surface area contributed by atoms with Crippen molar-refractivity contribution in [2.45, 2.75) is 26.2 Å². The third-order valence-electron chi connectivity index (χ3n) is 2.18. The zero-order valence-corrected chi connectivity index (χ0v) is 8.98. The van der Waals surface area contributed by atoms with E-state index in [9.17, 15) is 0 Å². The molecule has 0 spiro atoms. The molecule has 0 aliphatic heterocycles. The molecule has 0 fully saturated rings. The molecule has 0 saturated heterocycles. The van der Waals surface area contributed by atoms with E-state index in [2.05, 4.69) is 37.2 Å². The Hall–Kier alpha value is -0.890. The highest BCUT2D eigenvalue weighted by Gasteiger charge is 2.17. The maximum absolute atomic E-state index is 4.17. The highest BCUT2D eigenvalue weighted by atomic mass is 32.1. The Morgan fingerprint density at radius 1 is 1.31 bits per heavy atom. The average Bonchev–Trinajstić information content (AvgIpc) is 2.45. The van der Waals surface area contributed by atoms with Crippen LogP contribution in [0.2, 0.25) is 0 Å². The number of aromatic nitrogens is 1. The Labute approximate surface area is 82.4 Å². The number of nitrogens with zero attached hydrogens (tertiary/aromatic N) is 1. The van der Waals surface area contributed by atoms with Crippen molar-refractivity contribution in [3.8, 4) is 0 Å². The van der Waals surface area contributed by atoms with Gasteiger partial charge in [0, 0.05) is 22.5 Å². The molecule has 2 aromatic heterocycles. The lowest BCUT2D eigenvalue weighted by molar-refractivity contribution is 0.598. The second-order valence-corrected chi connectivity index (χ2v) is 5.18. The minimum Gasteiger partial charge on any atom is -0.264 e. The van der Waals surface area contributed by atoms with E-state index in [0.29, 0.717) is 0 Å². The van der Waals surface area contributed by atoms with Crippen molar-refractivity contribution in [3.05, 3.63) is 29.4 Å². The van der Waals surface area contributed by atoms with Crippen molar-refractivity contribution in [2.75, 3.05) is 0 Å². The van der Waals surface area contributed by atoms with Crippen molar-refractivity contribution >= 4 is 21.4 Å². The molecule has 0 aromatic carbocycles. The Morgan fingerprint density at radius 3 is 2.77 bits per heavy atom. The van der Waals surface area contributed by atoms with Crippen LogP contribution in [0.15, 0.2) is 23.8 Å². The summed E-state index contributed by atoms with van der Waals surface area (Å²) >= 11 is 1.80. The average molecular weight is 191 g/mol. The molecule has 0 radical (unpaired) electrons. The van der Waals surface area contributed by atoms with Crippen LogP contribution in [0.4, 0.5) is 0 Å². The van der Waals surface area contributed by atoms with E-state index in [1.807, 2.05) is 12.4 Å². The van der Waals surface area contributed by atoms with Crippen molar-refractivity contribution in [1.29, 1.82) is 0 Å². The predicted molar refractivity (Wildman–Crippen MR) is 58.3 cm³/mol. The quantitative estimate of drug-likeness (QED) is 0.620. The Bertz CT molecular complexity index is 423. The molecule has 0 N–H and O–H groups in total. The number of thiophene rings is 1. The minimum absolute atomic E-state index is 0.223. The van der Waals surface area contributed by atoms with Gasteiger partial charge in [0.05, 0.1) is 0 Å². The monoisotopic (exact) mass is 191 g/mol. The van der Waals surface area contributed by atoms with Crippen LogP contribution in [-0.2, 0) is 5.41 Å². The van der Waals surface area contributed by atoms with E-state index in [-0.39, 0.29) is 5.41 Å². The van der Waals surface area contributed by atoms with Crippen LogP contribution >= 0.6 is 11.3 Å². The van der Waals surface area contributed by atoms with Crippen LogP contribution in [0.25, 0.3) is 10.1 Å². The third kappa shape index (κ3) is 1.46. The molecule has 0 bridgehead atoms. The van der Waals surface area contributed by atoms with Crippen LogP contribution in [0.3, 0.4) is 0 Å². The molecule has 0 aliphatic carbocycles. The zero-order valence-electron chi connectivity index (χ0n) is 8.16. The summed E-state index contributed by atoms with van der Waals surface area (Å²) in [6.45, 7) is 6.71. The smallest absolute Gasteiger partial charge is 0.0376 e. The van der Waals surface area contributed by atoms with E-state index < -0.39 is 0 Å². The van der Waals surface area contributed by atoms with Gasteiger partial charge in [-0.3, -0.25) is 4.98 Å². The van der Waals surface area contributed by atoms with Crippen LogP contribution in [0.1, 0.15) is 26.3 Å². The van der Waals surface area contributed by atoms with Gasteiger partial charge < -0.3 is 0 Å². The molecular formula is C11H13NS. The summed E-state index contributed by atoms with van der Waals surface area (Å²) in [6, 6.07) is 2.08. The second-order valence-electron chi connectivity index (χ2n) is 4.27. The fraction of sp³-hybridized carbons (Fsp3) is 0.364. The maximum atomic E-state index is 4.17.